The molecule has 0 atom stereocenters. The van der Waals surface area contributed by atoms with Gasteiger partial charge in [-0.15, -0.1) is 0 Å². The lowest BCUT2D eigenvalue weighted by atomic mass is 10.00. The fraction of sp³-hybridized carbons (Fsp3) is 0.419. The molecule has 8 aromatic rings. The number of methoxy groups -OCH3 is 1. The maximum Gasteiger partial charge on any atom is 0.229 e. The lowest BCUT2D eigenvalue weighted by Gasteiger charge is -2.42. The van der Waals surface area contributed by atoms with Gasteiger partial charge in [0.15, 0.2) is 0 Å². The molecule has 3 aliphatic heterocycles. The highest BCUT2D eigenvalue weighted by Crippen LogP contribution is 2.49. The van der Waals surface area contributed by atoms with Crippen molar-refractivity contribution in [3.05, 3.63) is 105 Å². The van der Waals surface area contributed by atoms with Crippen LogP contribution in [0.2, 0.25) is 5.02 Å². The fourth-order valence-electron chi connectivity index (χ4n) is 12.3. The fourth-order valence-corrected chi connectivity index (χ4v) is 16.0. The highest BCUT2D eigenvalue weighted by atomic mass is 79.9. The second-order valence-corrected chi connectivity index (χ2v) is 32.7. The van der Waals surface area contributed by atoms with E-state index in [9.17, 15) is 9.13 Å². The first-order valence-corrected chi connectivity index (χ1v) is 36.9. The van der Waals surface area contributed by atoms with Gasteiger partial charge in [0.25, 0.3) is 0 Å². The molecule has 0 amide bonds. The number of aromatic nitrogens is 8. The van der Waals surface area contributed by atoms with Gasteiger partial charge in [-0.05, 0) is 166 Å². The summed E-state index contributed by atoms with van der Waals surface area (Å²) < 4.78 is 42.2. The molecular weight excluding hydrogens is 1300 g/mol. The Bertz CT molecular complexity index is 4020. The minimum Gasteiger partial charge on any atom is -0.494 e. The molecule has 0 spiro atoms. The predicted molar refractivity (Wildman–Crippen MR) is 364 cm³/mol. The van der Waals surface area contributed by atoms with E-state index >= 15 is 0 Å². The maximum atomic E-state index is 14.4. The van der Waals surface area contributed by atoms with Gasteiger partial charge < -0.3 is 59.5 Å². The van der Waals surface area contributed by atoms with Crippen LogP contribution in [-0.2, 0) is 15.7 Å². The van der Waals surface area contributed by atoms with Crippen molar-refractivity contribution < 1.29 is 18.6 Å². The van der Waals surface area contributed by atoms with Crippen molar-refractivity contribution in [2.24, 2.45) is 0 Å². The van der Waals surface area contributed by atoms with Gasteiger partial charge in [0.1, 0.15) is 55.1 Å². The number of halogens is 3. The van der Waals surface area contributed by atoms with Gasteiger partial charge in [-0.2, -0.15) is 9.97 Å². The lowest BCUT2D eigenvalue weighted by molar-refractivity contribution is 0.0982. The summed E-state index contributed by atoms with van der Waals surface area (Å²) >= 11 is 14.6. The largest absolute Gasteiger partial charge is 0.494 e. The molecule has 4 aromatic carbocycles. The SMILES string of the molecule is COc1cc(N2CCC(N(C)C)CC2)c(C2CC2)cc1Nc1ncc(Br)c(Nc2ccc3nc(COc4cc(N5CCC(N6CCN(C)CC6)CC5)c(Cl)cc4Nc4ncc(Br)c(Nc5ccc6nccnc6c5P(C)(C)=O)n4)cnc3c2P(C)(C)=O)n1. The van der Waals surface area contributed by atoms with Crippen molar-refractivity contribution >= 4 is 148 Å². The van der Waals surface area contributed by atoms with E-state index in [2.05, 4.69) is 131 Å². The van der Waals surface area contributed by atoms with E-state index < -0.39 is 14.3 Å². The van der Waals surface area contributed by atoms with Crippen molar-refractivity contribution in [3.8, 4) is 11.5 Å². The van der Waals surface area contributed by atoms with Gasteiger partial charge in [0, 0.05) is 107 Å². The van der Waals surface area contributed by atoms with Crippen molar-refractivity contribution in [2.45, 2.75) is 63.1 Å². The summed E-state index contributed by atoms with van der Waals surface area (Å²) in [6.45, 7) is 14.9. The molecule has 462 valence electrons. The summed E-state index contributed by atoms with van der Waals surface area (Å²) in [4.78, 5) is 50.4. The lowest BCUT2D eigenvalue weighted by Crippen LogP contribution is -2.52. The van der Waals surface area contributed by atoms with Crippen LogP contribution in [0.3, 0.4) is 0 Å². The number of likely N-dealkylation sites (N-methyl/N-ethyl adjacent to an activating group) is 1. The monoisotopic (exact) mass is 1380 g/mol. The molecule has 4 fully saturated rings. The van der Waals surface area contributed by atoms with Gasteiger partial charge in [0.05, 0.1) is 83.0 Å². The first-order chi connectivity index (χ1) is 42.2. The number of piperazine rings is 1. The topological polar surface area (TPSA) is 220 Å². The van der Waals surface area contributed by atoms with Crippen molar-refractivity contribution in [1.82, 2.24) is 54.6 Å². The number of ether oxygens (including phenoxy) is 2. The maximum absolute atomic E-state index is 14.4. The van der Waals surface area contributed by atoms with Crippen LogP contribution in [0.15, 0.2) is 88.5 Å². The number of benzene rings is 4. The van der Waals surface area contributed by atoms with E-state index in [1.54, 1.807) is 64.8 Å². The highest BCUT2D eigenvalue weighted by Gasteiger charge is 2.33. The van der Waals surface area contributed by atoms with Gasteiger partial charge in [-0.3, -0.25) is 19.9 Å². The Kier molecular flexibility index (Phi) is 18.2. The zero-order valence-corrected chi connectivity index (χ0v) is 56.5. The molecule has 0 unspecified atom stereocenters. The number of hydrogen-bond donors (Lipinski definition) is 4. The van der Waals surface area contributed by atoms with E-state index in [-0.39, 0.29) is 12.6 Å². The highest BCUT2D eigenvalue weighted by molar-refractivity contribution is 9.11. The summed E-state index contributed by atoms with van der Waals surface area (Å²) in [5.41, 5.74) is 8.66. The van der Waals surface area contributed by atoms with Gasteiger partial charge in [-0.1, -0.05) is 11.6 Å². The molecule has 4 N–H and O–H groups in total. The van der Waals surface area contributed by atoms with Crippen LogP contribution in [0.25, 0.3) is 22.1 Å². The van der Waals surface area contributed by atoms with Crippen LogP contribution in [0, 0.1) is 0 Å². The third-order valence-electron chi connectivity index (χ3n) is 17.1. The minimum absolute atomic E-state index is 0.0277. The average Bonchev–Trinajstić information content (AvgIpc) is 2.36. The molecule has 21 nitrogen and oxygen atoms in total. The first kappa shape index (κ1) is 61.9. The van der Waals surface area contributed by atoms with E-state index in [1.807, 2.05) is 36.4 Å². The normalized spacial score (nSPS) is 16.8. The molecule has 0 radical (unpaired) electrons. The van der Waals surface area contributed by atoms with Crippen LogP contribution in [0.1, 0.15) is 55.7 Å². The smallest absolute Gasteiger partial charge is 0.229 e. The van der Waals surface area contributed by atoms with Gasteiger partial charge in [0.2, 0.25) is 11.9 Å². The third-order valence-corrected chi connectivity index (χ3v) is 21.6. The third kappa shape index (κ3) is 13.7. The van der Waals surface area contributed by atoms with Crippen LogP contribution in [0.4, 0.5) is 57.7 Å². The Labute approximate surface area is 535 Å². The summed E-state index contributed by atoms with van der Waals surface area (Å²) in [6, 6.07) is 16.7. The molecule has 26 heteroatoms. The molecule has 4 aliphatic rings. The summed E-state index contributed by atoms with van der Waals surface area (Å²) in [6.07, 6.45) is 14.8. The Balaban J connectivity index is 0.808. The minimum atomic E-state index is -3.03. The zero-order chi connectivity index (χ0) is 61.6. The summed E-state index contributed by atoms with van der Waals surface area (Å²) in [7, 11) is 2.32. The van der Waals surface area contributed by atoms with Gasteiger partial charge >= 0.3 is 0 Å². The number of anilines is 10. The zero-order valence-electron chi connectivity index (χ0n) is 50.8. The van der Waals surface area contributed by atoms with E-state index in [0.29, 0.717) is 116 Å². The number of piperidine rings is 2. The predicted octanol–water partition coefficient (Wildman–Crippen LogP) is 12.0. The summed E-state index contributed by atoms with van der Waals surface area (Å²) in [5, 5.41) is 15.4. The van der Waals surface area contributed by atoms with Crippen LogP contribution in [-0.4, -0.2) is 174 Å². The molecule has 1 saturated carbocycles. The molecule has 12 rings (SSSR count). The molecule has 7 heterocycles. The quantitative estimate of drug-likeness (QED) is 0.0553. The van der Waals surface area contributed by atoms with E-state index in [0.717, 1.165) is 102 Å². The Morgan fingerprint density at radius 1 is 0.614 bits per heavy atom. The van der Waals surface area contributed by atoms with Crippen LogP contribution < -0.4 is 51.1 Å². The van der Waals surface area contributed by atoms with E-state index in [1.165, 1.54) is 11.3 Å². The number of nitrogens with zero attached hydrogens (tertiary/aromatic N) is 13. The molecule has 0 bridgehead atoms. The van der Waals surface area contributed by atoms with Crippen molar-refractivity contribution in [1.29, 1.82) is 0 Å². The number of fused-ring (bicyclic) bond motifs is 2. The second kappa shape index (κ2) is 25.9. The molecule has 3 saturated heterocycles. The number of hydrogen-bond acceptors (Lipinski definition) is 21. The molecule has 4 aromatic heterocycles. The number of rotatable bonds is 19. The molecular formula is C62H74Br2ClN17O4P2. The van der Waals surface area contributed by atoms with Gasteiger partial charge in [-0.25, -0.2) is 15.0 Å². The van der Waals surface area contributed by atoms with Crippen LogP contribution >= 0.6 is 57.7 Å². The van der Waals surface area contributed by atoms with E-state index in [4.69, 9.17) is 41.0 Å². The average molecular weight is 1380 g/mol. The summed E-state index contributed by atoms with van der Waals surface area (Å²) in [5.74, 6) is 3.21. The van der Waals surface area contributed by atoms with Crippen molar-refractivity contribution in [2.75, 3.05) is 138 Å². The molecule has 1 aliphatic carbocycles. The van der Waals surface area contributed by atoms with Crippen LogP contribution in [0.5, 0.6) is 11.5 Å². The second-order valence-electron chi connectivity index (χ2n) is 24.3. The number of nitrogens with one attached hydrogen (secondary N) is 4. The Hall–Kier alpha value is -6.29. The first-order valence-electron chi connectivity index (χ1n) is 29.8. The van der Waals surface area contributed by atoms with Crippen molar-refractivity contribution in [3.63, 3.8) is 0 Å². The Morgan fingerprint density at radius 2 is 1.17 bits per heavy atom. The Morgan fingerprint density at radius 3 is 1.76 bits per heavy atom. The molecule has 88 heavy (non-hydrogen) atoms. The standard InChI is InChI=1S/C62H74Br2ClN17O4P2/c1-78(2)39-15-21-81(22-16-39)51-31-53(85-4)49(29-41(51)37-9-10-37)74-61-69-34-42(63)60(76-61)73-48-14-12-46-56(58(48)88(7,8)84)68-33-38(71-46)36-86-54-32-52(82-23-17-40(18-24-82)80-27-25-79(3)26-28-80)44(65)30-50(54)75-62-70-35-43(64)59(77-62)72-47-13-11-45-55(67-20-19-66-45)57(47)87(5,6)83/h11-14,19-20,29-35,37,39-40H,9-10,15-18,21-28,36H2,1-8H3,(H2,69,73,74,76)(H2,70,72,75,77).